The molecule has 0 saturated heterocycles. The minimum atomic E-state index is 0.164. The van der Waals surface area contributed by atoms with Crippen LogP contribution in [0.25, 0.3) is 6.08 Å². The van der Waals surface area contributed by atoms with E-state index in [9.17, 15) is 4.79 Å². The monoisotopic (exact) mass is 170 g/mol. The molecule has 0 aliphatic heterocycles. The van der Waals surface area contributed by atoms with Crippen LogP contribution in [-0.4, -0.2) is 5.78 Å². The normalized spacial score (nSPS) is 19.8. The third-order valence-electron chi connectivity index (χ3n) is 2.09. The van der Waals surface area contributed by atoms with Crippen LogP contribution >= 0.6 is 0 Å². The molecule has 13 heavy (non-hydrogen) atoms. The van der Waals surface area contributed by atoms with Crippen molar-refractivity contribution in [3.63, 3.8) is 0 Å². The molecule has 0 spiro atoms. The number of allylic oxidation sites excluding steroid dienone is 3. The number of fused-ring (bicyclic) bond motifs is 1. The maximum atomic E-state index is 11.3. The number of ketones is 1. The third kappa shape index (κ3) is 1.75. The van der Waals surface area contributed by atoms with E-state index in [-0.39, 0.29) is 5.78 Å². The third-order valence-corrected chi connectivity index (χ3v) is 2.09. The highest BCUT2D eigenvalue weighted by Crippen LogP contribution is 2.13. The predicted molar refractivity (Wildman–Crippen MR) is 53.3 cm³/mol. The summed E-state index contributed by atoms with van der Waals surface area (Å²) < 4.78 is 0. The molecule has 0 amide bonds. The van der Waals surface area contributed by atoms with E-state index in [1.54, 1.807) is 12.2 Å². The molecule has 0 radical (unpaired) electrons. The lowest BCUT2D eigenvalue weighted by Crippen LogP contribution is -2.01. The molecule has 0 fully saturated rings. The summed E-state index contributed by atoms with van der Waals surface area (Å²) in [4.78, 5) is 11.3. The lowest BCUT2D eigenvalue weighted by atomic mass is 10.00. The van der Waals surface area contributed by atoms with Crippen LogP contribution in [0.3, 0.4) is 0 Å². The Morgan fingerprint density at radius 3 is 2.69 bits per heavy atom. The van der Waals surface area contributed by atoms with Crippen molar-refractivity contribution >= 4 is 11.9 Å². The van der Waals surface area contributed by atoms with E-state index in [1.807, 2.05) is 36.4 Å². The number of rotatable bonds is 0. The van der Waals surface area contributed by atoms with Gasteiger partial charge < -0.3 is 0 Å². The van der Waals surface area contributed by atoms with Crippen molar-refractivity contribution in [2.75, 3.05) is 0 Å². The fraction of sp³-hybridized carbons (Fsp3) is 0.0833. The Hall–Kier alpha value is -1.63. The lowest BCUT2D eigenvalue weighted by Gasteiger charge is -2.04. The van der Waals surface area contributed by atoms with Crippen LogP contribution in [0.1, 0.15) is 11.1 Å². The fourth-order valence-electron chi connectivity index (χ4n) is 1.43. The molecule has 0 atom stereocenters. The van der Waals surface area contributed by atoms with Gasteiger partial charge in [0, 0.05) is 6.42 Å². The molecule has 1 nitrogen and oxygen atoms in total. The molecule has 0 saturated carbocycles. The topological polar surface area (TPSA) is 17.1 Å². The molecule has 1 aliphatic carbocycles. The Kier molecular flexibility index (Phi) is 2.09. The molecular weight excluding hydrogens is 160 g/mol. The van der Waals surface area contributed by atoms with E-state index >= 15 is 0 Å². The Morgan fingerprint density at radius 2 is 1.77 bits per heavy atom. The Balaban J connectivity index is 2.49. The van der Waals surface area contributed by atoms with E-state index in [4.69, 9.17) is 0 Å². The number of hydrogen-bond acceptors (Lipinski definition) is 1. The lowest BCUT2D eigenvalue weighted by molar-refractivity contribution is -0.114. The van der Waals surface area contributed by atoms with Crippen molar-refractivity contribution in [1.29, 1.82) is 0 Å². The molecular formula is C12H10O. The number of hydrogen-bond donors (Lipinski definition) is 0. The van der Waals surface area contributed by atoms with Crippen LogP contribution in [-0.2, 0) is 11.2 Å². The first-order valence-electron chi connectivity index (χ1n) is 4.32. The molecule has 1 heteroatoms. The fourth-order valence-corrected chi connectivity index (χ4v) is 1.43. The Bertz CT molecular complexity index is 386. The van der Waals surface area contributed by atoms with Gasteiger partial charge in [0.15, 0.2) is 5.78 Å². The van der Waals surface area contributed by atoms with Gasteiger partial charge in [0.2, 0.25) is 0 Å². The molecule has 0 heterocycles. The maximum absolute atomic E-state index is 11.3. The second-order valence-corrected chi connectivity index (χ2v) is 3.06. The minimum Gasteiger partial charge on any atom is -0.294 e. The van der Waals surface area contributed by atoms with Crippen molar-refractivity contribution in [3.8, 4) is 0 Å². The zero-order valence-electron chi connectivity index (χ0n) is 7.23. The summed E-state index contributed by atoms with van der Waals surface area (Å²) in [6.07, 6.45) is 7.84. The van der Waals surface area contributed by atoms with Crippen molar-refractivity contribution in [2.45, 2.75) is 6.42 Å². The van der Waals surface area contributed by atoms with Crippen LogP contribution in [0.2, 0.25) is 0 Å². The Labute approximate surface area is 77.4 Å². The van der Waals surface area contributed by atoms with E-state index in [0.717, 1.165) is 11.1 Å². The van der Waals surface area contributed by atoms with Crippen molar-refractivity contribution in [3.05, 3.63) is 53.6 Å². The van der Waals surface area contributed by atoms with Gasteiger partial charge in [0.1, 0.15) is 0 Å². The van der Waals surface area contributed by atoms with Crippen LogP contribution in [0, 0.1) is 0 Å². The van der Waals surface area contributed by atoms with Gasteiger partial charge in [-0.3, -0.25) is 4.79 Å². The quantitative estimate of drug-likeness (QED) is 0.584. The van der Waals surface area contributed by atoms with E-state index in [2.05, 4.69) is 0 Å². The van der Waals surface area contributed by atoms with E-state index < -0.39 is 0 Å². The highest BCUT2D eigenvalue weighted by atomic mass is 16.1. The average Bonchev–Trinajstić information content (AvgIpc) is 2.11. The summed E-state index contributed by atoms with van der Waals surface area (Å²) in [6.45, 7) is 0. The first kappa shape index (κ1) is 7.99. The molecule has 0 N–H and O–H groups in total. The Morgan fingerprint density at radius 1 is 1.00 bits per heavy atom. The molecule has 0 aromatic heterocycles. The second kappa shape index (κ2) is 3.40. The first-order valence-corrected chi connectivity index (χ1v) is 4.32. The molecule has 1 aliphatic rings. The van der Waals surface area contributed by atoms with Crippen LogP contribution in [0.15, 0.2) is 42.5 Å². The van der Waals surface area contributed by atoms with Gasteiger partial charge in [-0.25, -0.2) is 0 Å². The number of carbonyl (C=O) groups is 1. The van der Waals surface area contributed by atoms with Crippen molar-refractivity contribution in [2.24, 2.45) is 0 Å². The summed E-state index contributed by atoms with van der Waals surface area (Å²) >= 11 is 0. The van der Waals surface area contributed by atoms with E-state index in [1.165, 1.54) is 0 Å². The van der Waals surface area contributed by atoms with Crippen molar-refractivity contribution < 1.29 is 4.79 Å². The number of benzene rings is 1. The van der Waals surface area contributed by atoms with Crippen LogP contribution in [0.4, 0.5) is 0 Å². The smallest absolute Gasteiger partial charge is 0.160 e. The standard InChI is InChI=1S/C12H10O/c13-12-8-4-3-6-10-5-1-2-7-11(10)9-12/h1-8H,9H2/b6-3-,8-4-. The number of carbonyl (C=O) groups excluding carboxylic acids is 1. The van der Waals surface area contributed by atoms with Gasteiger partial charge >= 0.3 is 0 Å². The summed E-state index contributed by atoms with van der Waals surface area (Å²) in [6, 6.07) is 7.97. The molecule has 2 rings (SSSR count). The summed E-state index contributed by atoms with van der Waals surface area (Å²) in [7, 11) is 0. The van der Waals surface area contributed by atoms with E-state index in [0.29, 0.717) is 6.42 Å². The molecule has 64 valence electrons. The second-order valence-electron chi connectivity index (χ2n) is 3.06. The van der Waals surface area contributed by atoms with Gasteiger partial charge in [0.05, 0.1) is 0 Å². The van der Waals surface area contributed by atoms with Crippen LogP contribution in [0.5, 0.6) is 0 Å². The summed E-state index contributed by atoms with van der Waals surface area (Å²) in [5, 5.41) is 0. The summed E-state index contributed by atoms with van der Waals surface area (Å²) in [5.74, 6) is 0.164. The maximum Gasteiger partial charge on any atom is 0.160 e. The van der Waals surface area contributed by atoms with Gasteiger partial charge in [-0.05, 0) is 17.2 Å². The molecule has 0 bridgehead atoms. The largest absolute Gasteiger partial charge is 0.294 e. The zero-order chi connectivity index (χ0) is 9.10. The average molecular weight is 170 g/mol. The first-order chi connectivity index (χ1) is 6.36. The van der Waals surface area contributed by atoms with Crippen molar-refractivity contribution in [1.82, 2.24) is 0 Å². The van der Waals surface area contributed by atoms with Gasteiger partial charge in [-0.15, -0.1) is 0 Å². The predicted octanol–water partition coefficient (Wildman–Crippen LogP) is 2.38. The SMILES string of the molecule is O=C1/C=C\C=C/c2ccccc2C1. The molecule has 1 aromatic rings. The van der Waals surface area contributed by atoms with Gasteiger partial charge in [0.25, 0.3) is 0 Å². The zero-order valence-corrected chi connectivity index (χ0v) is 7.23. The minimum absolute atomic E-state index is 0.164. The van der Waals surface area contributed by atoms with Crippen LogP contribution < -0.4 is 0 Å². The van der Waals surface area contributed by atoms with Gasteiger partial charge in [-0.1, -0.05) is 42.5 Å². The highest BCUT2D eigenvalue weighted by Gasteiger charge is 2.04. The molecule has 0 unspecified atom stereocenters. The summed E-state index contributed by atoms with van der Waals surface area (Å²) in [5.41, 5.74) is 2.24. The molecule has 1 aromatic carbocycles. The van der Waals surface area contributed by atoms with Gasteiger partial charge in [-0.2, -0.15) is 0 Å². The highest BCUT2D eigenvalue weighted by molar-refractivity contribution is 5.93.